The summed E-state index contributed by atoms with van der Waals surface area (Å²) in [6.07, 6.45) is 1.62. The molecule has 1 aromatic carbocycles. The maximum Gasteiger partial charge on any atom is 0.256 e. The lowest BCUT2D eigenvalue weighted by molar-refractivity contribution is 0.0622. The molecule has 1 N–H and O–H groups in total. The van der Waals surface area contributed by atoms with E-state index >= 15 is 0 Å². The third-order valence-electron chi connectivity index (χ3n) is 4.02. The van der Waals surface area contributed by atoms with Crippen molar-refractivity contribution in [1.29, 1.82) is 0 Å². The van der Waals surface area contributed by atoms with Crippen molar-refractivity contribution in [3.63, 3.8) is 0 Å². The molecule has 1 amide bonds. The summed E-state index contributed by atoms with van der Waals surface area (Å²) in [5, 5.41) is 9.84. The molecule has 2 heterocycles. The number of amides is 1. The van der Waals surface area contributed by atoms with Crippen LogP contribution in [-0.2, 0) is 6.54 Å². The molecule has 7 heteroatoms. The summed E-state index contributed by atoms with van der Waals surface area (Å²) < 4.78 is 13.8. The number of halogens is 2. The van der Waals surface area contributed by atoms with Gasteiger partial charge in [-0.3, -0.25) is 14.7 Å². The molecular weight excluding hydrogens is 333 g/mol. The lowest BCUT2D eigenvalue weighted by Crippen LogP contribution is -2.48. The number of carbonyl (C=O) groups excluding carboxylic acids is 1. The number of hydrogen-bond donors (Lipinski definition) is 1. The number of aromatic hydroxyl groups is 1. The van der Waals surface area contributed by atoms with Gasteiger partial charge in [-0.25, -0.2) is 4.39 Å². The predicted octanol–water partition coefficient (Wildman–Crippen LogP) is 2.54. The zero-order valence-corrected chi connectivity index (χ0v) is 13.7. The summed E-state index contributed by atoms with van der Waals surface area (Å²) in [5.41, 5.74) is 0.907. The minimum Gasteiger partial charge on any atom is -0.508 e. The SMILES string of the molecule is O=C(c1ccc(O)cc1F)N1CCN(Cc2ccc(Cl)cn2)CC1. The number of aromatic nitrogens is 1. The van der Waals surface area contributed by atoms with Crippen LogP contribution in [0.25, 0.3) is 0 Å². The highest BCUT2D eigenvalue weighted by molar-refractivity contribution is 6.30. The van der Waals surface area contributed by atoms with E-state index < -0.39 is 5.82 Å². The summed E-state index contributed by atoms with van der Waals surface area (Å²) in [5.74, 6) is -1.24. The molecule has 1 fully saturated rings. The van der Waals surface area contributed by atoms with Crippen LogP contribution in [0.3, 0.4) is 0 Å². The largest absolute Gasteiger partial charge is 0.508 e. The Balaban J connectivity index is 1.58. The first-order chi connectivity index (χ1) is 11.5. The fourth-order valence-electron chi connectivity index (χ4n) is 2.69. The lowest BCUT2D eigenvalue weighted by atomic mass is 10.1. The van der Waals surface area contributed by atoms with Crippen LogP contribution in [0, 0.1) is 5.82 Å². The highest BCUT2D eigenvalue weighted by atomic mass is 35.5. The molecule has 1 aliphatic rings. The first kappa shape index (κ1) is 16.7. The average molecular weight is 350 g/mol. The van der Waals surface area contributed by atoms with Crippen molar-refractivity contribution in [3.05, 3.63) is 58.6 Å². The van der Waals surface area contributed by atoms with Crippen LogP contribution in [0.2, 0.25) is 5.02 Å². The van der Waals surface area contributed by atoms with E-state index in [2.05, 4.69) is 9.88 Å². The Morgan fingerprint density at radius 1 is 1.21 bits per heavy atom. The Labute approximate surface area is 144 Å². The molecule has 2 aromatic rings. The molecule has 5 nitrogen and oxygen atoms in total. The maximum absolute atomic E-state index is 13.8. The number of phenols is 1. The van der Waals surface area contributed by atoms with Gasteiger partial charge in [0, 0.05) is 45.0 Å². The summed E-state index contributed by atoms with van der Waals surface area (Å²) in [7, 11) is 0. The number of benzene rings is 1. The van der Waals surface area contributed by atoms with Gasteiger partial charge in [-0.2, -0.15) is 0 Å². The average Bonchev–Trinajstić information content (AvgIpc) is 2.57. The van der Waals surface area contributed by atoms with E-state index in [1.165, 1.54) is 12.1 Å². The number of carbonyl (C=O) groups is 1. The number of piperazine rings is 1. The van der Waals surface area contributed by atoms with Gasteiger partial charge in [0.05, 0.1) is 16.3 Å². The van der Waals surface area contributed by atoms with Gasteiger partial charge in [-0.1, -0.05) is 11.6 Å². The summed E-state index contributed by atoms with van der Waals surface area (Å²) in [4.78, 5) is 20.5. The van der Waals surface area contributed by atoms with Gasteiger partial charge >= 0.3 is 0 Å². The quantitative estimate of drug-likeness (QED) is 0.925. The van der Waals surface area contributed by atoms with Crippen molar-refractivity contribution >= 4 is 17.5 Å². The molecule has 1 aliphatic heterocycles. The minimum atomic E-state index is -0.701. The predicted molar refractivity (Wildman–Crippen MR) is 88.5 cm³/mol. The first-order valence-corrected chi connectivity index (χ1v) is 8.01. The van der Waals surface area contributed by atoms with Gasteiger partial charge in [0.2, 0.25) is 0 Å². The molecule has 3 rings (SSSR count). The maximum atomic E-state index is 13.8. The van der Waals surface area contributed by atoms with Crippen molar-refractivity contribution in [3.8, 4) is 5.75 Å². The van der Waals surface area contributed by atoms with E-state index in [9.17, 15) is 14.3 Å². The minimum absolute atomic E-state index is 0.0133. The van der Waals surface area contributed by atoms with E-state index in [-0.39, 0.29) is 17.2 Å². The normalized spacial score (nSPS) is 15.5. The topological polar surface area (TPSA) is 56.7 Å². The van der Waals surface area contributed by atoms with Gasteiger partial charge in [-0.15, -0.1) is 0 Å². The molecule has 1 aromatic heterocycles. The second kappa shape index (κ2) is 7.15. The number of pyridine rings is 1. The molecule has 0 saturated carbocycles. The van der Waals surface area contributed by atoms with Crippen LogP contribution < -0.4 is 0 Å². The monoisotopic (exact) mass is 349 g/mol. The molecule has 24 heavy (non-hydrogen) atoms. The third-order valence-corrected chi connectivity index (χ3v) is 4.24. The van der Waals surface area contributed by atoms with Crippen LogP contribution in [0.1, 0.15) is 16.1 Å². The van der Waals surface area contributed by atoms with E-state index in [1.807, 2.05) is 6.07 Å². The van der Waals surface area contributed by atoms with E-state index in [1.54, 1.807) is 17.2 Å². The van der Waals surface area contributed by atoms with E-state index in [4.69, 9.17) is 11.6 Å². The van der Waals surface area contributed by atoms with Gasteiger partial charge in [0.1, 0.15) is 11.6 Å². The molecule has 0 unspecified atom stereocenters. The number of nitrogens with zero attached hydrogens (tertiary/aromatic N) is 3. The Morgan fingerprint density at radius 2 is 1.96 bits per heavy atom. The van der Waals surface area contributed by atoms with Crippen molar-refractivity contribution in [2.45, 2.75) is 6.54 Å². The van der Waals surface area contributed by atoms with E-state index in [0.29, 0.717) is 37.7 Å². The summed E-state index contributed by atoms with van der Waals surface area (Å²) in [6.45, 7) is 3.11. The highest BCUT2D eigenvalue weighted by Crippen LogP contribution is 2.18. The van der Waals surface area contributed by atoms with Gasteiger partial charge in [0.25, 0.3) is 5.91 Å². The van der Waals surface area contributed by atoms with Crippen molar-refractivity contribution in [2.75, 3.05) is 26.2 Å². The lowest BCUT2D eigenvalue weighted by Gasteiger charge is -2.34. The molecule has 1 saturated heterocycles. The molecule has 126 valence electrons. The summed E-state index contributed by atoms with van der Waals surface area (Å²) >= 11 is 5.82. The second-order valence-electron chi connectivity index (χ2n) is 5.70. The molecule has 0 atom stereocenters. The molecule has 0 aliphatic carbocycles. The number of phenolic OH excluding ortho intramolecular Hbond substituents is 1. The molecule has 0 radical (unpaired) electrons. The Bertz CT molecular complexity index is 731. The van der Waals surface area contributed by atoms with Crippen LogP contribution >= 0.6 is 11.6 Å². The molecular formula is C17H17ClFN3O2. The van der Waals surface area contributed by atoms with Crippen molar-refractivity contribution in [1.82, 2.24) is 14.8 Å². The molecule has 0 spiro atoms. The molecule has 0 bridgehead atoms. The third kappa shape index (κ3) is 3.83. The van der Waals surface area contributed by atoms with Crippen LogP contribution in [0.4, 0.5) is 4.39 Å². The van der Waals surface area contributed by atoms with Gasteiger partial charge in [0.15, 0.2) is 0 Å². The standard InChI is InChI=1S/C17H17ClFN3O2/c18-12-1-2-13(20-10-12)11-21-5-7-22(8-6-21)17(24)15-4-3-14(23)9-16(15)19/h1-4,9-10,23H,5-8,11H2. The Kier molecular flexibility index (Phi) is 4.97. The van der Waals surface area contributed by atoms with E-state index in [0.717, 1.165) is 11.8 Å². The first-order valence-electron chi connectivity index (χ1n) is 7.63. The smallest absolute Gasteiger partial charge is 0.256 e. The van der Waals surface area contributed by atoms with Gasteiger partial charge in [-0.05, 0) is 24.3 Å². The fraction of sp³-hybridized carbons (Fsp3) is 0.294. The van der Waals surface area contributed by atoms with Crippen LogP contribution in [-0.4, -0.2) is 52.0 Å². The van der Waals surface area contributed by atoms with Crippen molar-refractivity contribution < 1.29 is 14.3 Å². The number of rotatable bonds is 3. The second-order valence-corrected chi connectivity index (χ2v) is 6.14. The number of hydrogen-bond acceptors (Lipinski definition) is 4. The zero-order valence-electron chi connectivity index (χ0n) is 13.0. The highest BCUT2D eigenvalue weighted by Gasteiger charge is 2.24. The zero-order chi connectivity index (χ0) is 17.1. The van der Waals surface area contributed by atoms with Crippen molar-refractivity contribution in [2.24, 2.45) is 0 Å². The summed E-state index contributed by atoms with van der Waals surface area (Å²) in [6, 6.07) is 7.27. The van der Waals surface area contributed by atoms with Crippen LogP contribution in [0.15, 0.2) is 36.5 Å². The Hall–Kier alpha value is -2.18. The fourth-order valence-corrected chi connectivity index (χ4v) is 2.80. The van der Waals surface area contributed by atoms with Gasteiger partial charge < -0.3 is 10.0 Å². The Morgan fingerprint density at radius 3 is 2.58 bits per heavy atom. The van der Waals surface area contributed by atoms with Crippen LogP contribution in [0.5, 0.6) is 5.75 Å².